The number of carbonyl (C=O) groups excluding carboxylic acids is 3. The van der Waals surface area contributed by atoms with Crippen molar-refractivity contribution >= 4 is 40.1 Å². The number of ether oxygens (including phenoxy) is 1. The van der Waals surface area contributed by atoms with Crippen molar-refractivity contribution in [3.05, 3.63) is 70.6 Å². The van der Waals surface area contributed by atoms with Crippen LogP contribution in [-0.4, -0.2) is 52.9 Å². The fourth-order valence-corrected chi connectivity index (χ4v) is 4.91. The molecule has 1 N–H and O–H groups in total. The van der Waals surface area contributed by atoms with E-state index in [4.69, 9.17) is 16.3 Å². The highest BCUT2D eigenvalue weighted by Crippen LogP contribution is 2.27. The first kappa shape index (κ1) is 24.9. The van der Waals surface area contributed by atoms with Gasteiger partial charge in [-0.2, -0.15) is 0 Å². The van der Waals surface area contributed by atoms with Crippen molar-refractivity contribution < 1.29 is 23.5 Å². The molecule has 1 saturated heterocycles. The molecule has 2 heterocycles. The number of likely N-dealkylation sites (tertiary alicyclic amines) is 1. The smallest absolute Gasteiger partial charge is 0.245 e. The molecule has 3 atom stereocenters. The fourth-order valence-electron chi connectivity index (χ4n) is 4.73. The first-order valence-corrected chi connectivity index (χ1v) is 11.8. The molecular weight excluding hydrogens is 473 g/mol. The monoisotopic (exact) mass is 499 g/mol. The summed E-state index contributed by atoms with van der Waals surface area (Å²) in [4.78, 5) is 40.2. The van der Waals surface area contributed by atoms with Crippen LogP contribution in [0.3, 0.4) is 0 Å². The van der Waals surface area contributed by atoms with Gasteiger partial charge < -0.3 is 19.5 Å². The van der Waals surface area contributed by atoms with Crippen LogP contribution in [0.25, 0.3) is 10.9 Å². The number of amides is 2. The molecule has 0 bridgehead atoms. The average Bonchev–Trinajstić information content (AvgIpc) is 3.43. The van der Waals surface area contributed by atoms with Gasteiger partial charge in [0.15, 0.2) is 5.78 Å². The molecule has 0 aliphatic carbocycles. The minimum absolute atomic E-state index is 0.0279. The topological polar surface area (TPSA) is 80.6 Å². The van der Waals surface area contributed by atoms with Crippen LogP contribution >= 0.6 is 11.6 Å². The van der Waals surface area contributed by atoms with Crippen molar-refractivity contribution in [1.29, 1.82) is 0 Å². The number of aromatic nitrogens is 1. The molecule has 7 nitrogen and oxygen atoms in total. The first-order valence-electron chi connectivity index (χ1n) is 11.4. The lowest BCUT2D eigenvalue weighted by Crippen LogP contribution is -2.51. The molecule has 1 fully saturated rings. The predicted octanol–water partition coefficient (Wildman–Crippen LogP) is 4.13. The van der Waals surface area contributed by atoms with Crippen molar-refractivity contribution in [2.45, 2.75) is 45.0 Å². The Hall–Kier alpha value is -3.23. The lowest BCUT2D eigenvalue weighted by molar-refractivity contribution is -0.141. The predicted molar refractivity (Wildman–Crippen MR) is 131 cm³/mol. The Balaban J connectivity index is 1.56. The minimum atomic E-state index is -0.869. The summed E-state index contributed by atoms with van der Waals surface area (Å²) in [5.74, 6) is -1.39. The SMILES string of the molecule is CO[C@@H]1CCN(C(=O)Cn2cc(C(C)=O)c3ccccc32)[C@@H]1C(=O)N[C@H](C)c1cccc(Cl)c1F. The van der Waals surface area contributed by atoms with Crippen LogP contribution in [0, 0.1) is 5.82 Å². The van der Waals surface area contributed by atoms with Crippen molar-refractivity contribution in [3.8, 4) is 0 Å². The van der Waals surface area contributed by atoms with Gasteiger partial charge in [0.25, 0.3) is 0 Å². The van der Waals surface area contributed by atoms with E-state index in [0.717, 1.165) is 10.9 Å². The van der Waals surface area contributed by atoms with Crippen molar-refractivity contribution in [2.75, 3.05) is 13.7 Å². The van der Waals surface area contributed by atoms with Gasteiger partial charge in [-0.15, -0.1) is 0 Å². The molecular formula is C26H27ClFN3O4. The first-order chi connectivity index (χ1) is 16.7. The lowest BCUT2D eigenvalue weighted by Gasteiger charge is -2.28. The number of nitrogens with one attached hydrogen (secondary N) is 1. The molecule has 2 amide bonds. The maximum atomic E-state index is 14.5. The summed E-state index contributed by atoms with van der Waals surface area (Å²) >= 11 is 5.89. The molecule has 1 aromatic heterocycles. The zero-order valence-electron chi connectivity index (χ0n) is 19.8. The number of methoxy groups -OCH3 is 1. The molecule has 1 aliphatic heterocycles. The van der Waals surface area contributed by atoms with E-state index in [2.05, 4.69) is 5.32 Å². The van der Waals surface area contributed by atoms with Crippen LogP contribution in [0.15, 0.2) is 48.7 Å². The number of para-hydroxylation sites is 1. The van der Waals surface area contributed by atoms with E-state index >= 15 is 0 Å². The van der Waals surface area contributed by atoms with Gasteiger partial charge >= 0.3 is 0 Å². The number of hydrogen-bond donors (Lipinski definition) is 1. The number of halogens is 2. The van der Waals surface area contributed by atoms with Gasteiger partial charge in [0, 0.05) is 41.9 Å². The molecule has 0 unspecified atom stereocenters. The Labute approximate surface area is 207 Å². The lowest BCUT2D eigenvalue weighted by atomic mass is 10.1. The summed E-state index contributed by atoms with van der Waals surface area (Å²) in [5.41, 5.74) is 1.56. The molecule has 0 saturated carbocycles. The van der Waals surface area contributed by atoms with Gasteiger partial charge in [0.05, 0.1) is 17.2 Å². The number of hydrogen-bond acceptors (Lipinski definition) is 4. The standard InChI is InChI=1S/C26H27ClFN3O4/c1-15(17-8-6-9-20(27)24(17)28)29-26(34)25-22(35-3)11-12-31(25)23(33)14-30-13-19(16(2)32)18-7-4-5-10-21(18)30/h4-10,13,15,22,25H,11-12,14H2,1-3H3,(H,29,34)/t15-,22-,25+/m1/s1. The fraction of sp³-hybridized carbons (Fsp3) is 0.346. The third-order valence-electron chi connectivity index (χ3n) is 6.51. The second-order valence-corrected chi connectivity index (χ2v) is 9.12. The maximum Gasteiger partial charge on any atom is 0.245 e. The van der Waals surface area contributed by atoms with E-state index in [1.165, 1.54) is 25.0 Å². The van der Waals surface area contributed by atoms with Crippen LogP contribution in [0.5, 0.6) is 0 Å². The Morgan fingerprint density at radius 1 is 1.20 bits per heavy atom. The zero-order chi connectivity index (χ0) is 25.3. The van der Waals surface area contributed by atoms with Crippen molar-refractivity contribution in [2.24, 2.45) is 0 Å². The molecule has 0 spiro atoms. The summed E-state index contributed by atoms with van der Waals surface area (Å²) < 4.78 is 21.7. The average molecular weight is 500 g/mol. The summed E-state index contributed by atoms with van der Waals surface area (Å²) in [6.07, 6.45) is 1.67. The second-order valence-electron chi connectivity index (χ2n) is 8.71. The van der Waals surface area contributed by atoms with E-state index in [0.29, 0.717) is 18.5 Å². The number of carbonyl (C=O) groups is 3. The molecule has 3 aromatic rings. The zero-order valence-corrected chi connectivity index (χ0v) is 20.5. The number of fused-ring (bicyclic) bond motifs is 1. The minimum Gasteiger partial charge on any atom is -0.379 e. The van der Waals surface area contributed by atoms with E-state index in [-0.39, 0.29) is 28.8 Å². The van der Waals surface area contributed by atoms with Gasteiger partial charge in [-0.25, -0.2) is 4.39 Å². The number of rotatable bonds is 7. The highest BCUT2D eigenvalue weighted by molar-refractivity contribution is 6.30. The molecule has 35 heavy (non-hydrogen) atoms. The Bertz CT molecular complexity index is 1290. The van der Waals surface area contributed by atoms with E-state index < -0.39 is 29.9 Å². The Morgan fingerprint density at radius 2 is 1.94 bits per heavy atom. The van der Waals surface area contributed by atoms with Gasteiger partial charge in [0.1, 0.15) is 18.4 Å². The molecule has 0 radical (unpaired) electrons. The van der Waals surface area contributed by atoms with E-state index in [9.17, 15) is 18.8 Å². The van der Waals surface area contributed by atoms with Gasteiger partial charge in [0.2, 0.25) is 11.8 Å². The number of ketones is 1. The summed E-state index contributed by atoms with van der Waals surface area (Å²) in [6, 6.07) is 10.5. The van der Waals surface area contributed by atoms with Gasteiger partial charge in [-0.1, -0.05) is 41.9 Å². The number of Topliss-reactive ketones (excluding diaryl/α,β-unsaturated/α-hetero) is 1. The molecule has 1 aliphatic rings. The van der Waals surface area contributed by atoms with Crippen LogP contribution < -0.4 is 5.32 Å². The van der Waals surface area contributed by atoms with Crippen LogP contribution in [0.1, 0.15) is 42.2 Å². The Morgan fingerprint density at radius 3 is 2.66 bits per heavy atom. The number of benzene rings is 2. The largest absolute Gasteiger partial charge is 0.379 e. The van der Waals surface area contributed by atoms with Gasteiger partial charge in [-0.3, -0.25) is 14.4 Å². The normalized spacial score (nSPS) is 18.6. The van der Waals surface area contributed by atoms with Crippen LogP contribution in [0.2, 0.25) is 5.02 Å². The summed E-state index contributed by atoms with van der Waals surface area (Å²) in [6.45, 7) is 3.45. The number of nitrogens with zero attached hydrogens (tertiary/aromatic N) is 2. The third kappa shape index (κ3) is 4.81. The van der Waals surface area contributed by atoms with E-state index in [1.807, 2.05) is 24.3 Å². The van der Waals surface area contributed by atoms with Crippen molar-refractivity contribution in [1.82, 2.24) is 14.8 Å². The van der Waals surface area contributed by atoms with Crippen molar-refractivity contribution in [3.63, 3.8) is 0 Å². The second kappa shape index (κ2) is 10.2. The molecule has 184 valence electrons. The Kier molecular flexibility index (Phi) is 7.23. The highest BCUT2D eigenvalue weighted by Gasteiger charge is 2.42. The maximum absolute atomic E-state index is 14.5. The summed E-state index contributed by atoms with van der Waals surface area (Å²) in [7, 11) is 1.50. The third-order valence-corrected chi connectivity index (χ3v) is 6.81. The molecule has 4 rings (SSSR count). The van der Waals surface area contributed by atoms with Crippen LogP contribution in [-0.2, 0) is 20.9 Å². The van der Waals surface area contributed by atoms with Gasteiger partial charge in [-0.05, 0) is 32.4 Å². The van der Waals surface area contributed by atoms with Crippen LogP contribution in [0.4, 0.5) is 4.39 Å². The van der Waals surface area contributed by atoms with E-state index in [1.54, 1.807) is 29.8 Å². The summed E-state index contributed by atoms with van der Waals surface area (Å²) in [5, 5.41) is 3.55. The molecule has 2 aromatic carbocycles. The quantitative estimate of drug-likeness (QED) is 0.496. The highest BCUT2D eigenvalue weighted by atomic mass is 35.5. The molecule has 9 heteroatoms.